The van der Waals surface area contributed by atoms with Crippen LogP contribution in [0.25, 0.3) is 0 Å². The molecule has 2 aromatic carbocycles. The zero-order valence-electron chi connectivity index (χ0n) is 16.9. The minimum atomic E-state index is -4.60. The highest BCUT2D eigenvalue weighted by Gasteiger charge is 2.28. The molecule has 1 fully saturated rings. The summed E-state index contributed by atoms with van der Waals surface area (Å²) in [6.07, 6.45) is 1.49. The van der Waals surface area contributed by atoms with E-state index < -0.39 is 42.6 Å². The van der Waals surface area contributed by atoms with Gasteiger partial charge in [-0.2, -0.15) is 4.31 Å². The smallest absolute Gasteiger partial charge is 0.337 e. The number of benzene rings is 2. The van der Waals surface area contributed by atoms with Gasteiger partial charge in [0, 0.05) is 18.7 Å². The number of rotatable bonds is 7. The molecule has 0 radical (unpaired) electrons. The second kappa shape index (κ2) is 9.32. The van der Waals surface area contributed by atoms with E-state index in [4.69, 9.17) is 0 Å². The summed E-state index contributed by atoms with van der Waals surface area (Å²) in [6.45, 7) is 0.767. The number of nitrogens with zero attached hydrogens (tertiary/aromatic N) is 1. The first-order valence-electron chi connectivity index (χ1n) is 9.36. The largest absolute Gasteiger partial charge is 0.465 e. The van der Waals surface area contributed by atoms with E-state index in [1.165, 1.54) is 22.5 Å². The third-order valence-electron chi connectivity index (χ3n) is 4.74. The maximum Gasteiger partial charge on any atom is 0.337 e. The number of hydrazine groups is 1. The van der Waals surface area contributed by atoms with E-state index in [9.17, 15) is 30.8 Å². The lowest BCUT2D eigenvalue weighted by molar-refractivity contribution is 0.0600. The van der Waals surface area contributed by atoms with Crippen LogP contribution in [-0.4, -0.2) is 53.2 Å². The Balaban J connectivity index is 1.78. The quantitative estimate of drug-likeness (QED) is 0.441. The molecule has 1 saturated heterocycles. The van der Waals surface area contributed by atoms with Gasteiger partial charge < -0.3 is 4.74 Å². The van der Waals surface area contributed by atoms with Crippen LogP contribution < -0.4 is 10.3 Å². The predicted octanol–water partition coefficient (Wildman–Crippen LogP) is 1.02. The molecule has 0 unspecified atom stereocenters. The van der Waals surface area contributed by atoms with Crippen molar-refractivity contribution in [1.29, 1.82) is 0 Å². The van der Waals surface area contributed by atoms with Gasteiger partial charge in [-0.05, 0) is 49.2 Å². The van der Waals surface area contributed by atoms with Crippen molar-refractivity contribution in [3.63, 3.8) is 0 Å². The Hall–Kier alpha value is -2.87. The van der Waals surface area contributed by atoms with Crippen LogP contribution in [0.15, 0.2) is 52.3 Å². The minimum Gasteiger partial charge on any atom is -0.465 e. The number of halogens is 1. The van der Waals surface area contributed by atoms with Gasteiger partial charge in [0.05, 0.1) is 17.6 Å². The summed E-state index contributed by atoms with van der Waals surface area (Å²) < 4.78 is 70.0. The van der Waals surface area contributed by atoms with E-state index in [0.29, 0.717) is 13.1 Å². The first-order valence-corrected chi connectivity index (χ1v) is 12.3. The molecule has 2 N–H and O–H groups in total. The van der Waals surface area contributed by atoms with E-state index in [0.717, 1.165) is 44.2 Å². The van der Waals surface area contributed by atoms with Crippen molar-refractivity contribution in [2.24, 2.45) is 0 Å². The van der Waals surface area contributed by atoms with Gasteiger partial charge in [0.2, 0.25) is 10.0 Å². The molecule has 2 aromatic rings. The van der Waals surface area contributed by atoms with Gasteiger partial charge in [0.15, 0.2) is 0 Å². The minimum absolute atomic E-state index is 0.105. The fraction of sp³-hybridized carbons (Fsp3) is 0.263. The lowest BCUT2D eigenvalue weighted by Crippen LogP contribution is -2.42. The number of amides is 1. The molecular weight excluding hydrogens is 465 g/mol. The topological polar surface area (TPSA) is 139 Å². The molecule has 0 saturated carbocycles. The third-order valence-corrected chi connectivity index (χ3v) is 7.90. The van der Waals surface area contributed by atoms with Crippen molar-refractivity contribution < 1.29 is 35.6 Å². The van der Waals surface area contributed by atoms with Gasteiger partial charge in [0.25, 0.3) is 15.9 Å². The number of hydrogen-bond acceptors (Lipinski definition) is 7. The number of hydrogen-bond donors (Lipinski definition) is 2. The van der Waals surface area contributed by atoms with Crippen LogP contribution in [0.3, 0.4) is 0 Å². The molecule has 0 spiro atoms. The second-order valence-electron chi connectivity index (χ2n) is 6.84. The van der Waals surface area contributed by atoms with Crippen LogP contribution in [0.5, 0.6) is 0 Å². The van der Waals surface area contributed by atoms with Gasteiger partial charge in [-0.3, -0.25) is 10.2 Å². The molecule has 1 aliphatic heterocycles. The molecule has 10 nitrogen and oxygen atoms in total. The summed E-state index contributed by atoms with van der Waals surface area (Å²) in [5, 5.41) is 0. The highest BCUT2D eigenvalue weighted by atomic mass is 32.2. The zero-order valence-corrected chi connectivity index (χ0v) is 18.5. The van der Waals surface area contributed by atoms with Gasteiger partial charge in [-0.15, -0.1) is 4.83 Å². The van der Waals surface area contributed by atoms with E-state index in [1.807, 2.05) is 5.43 Å². The normalized spacial score (nSPS) is 14.8. The lowest BCUT2D eigenvalue weighted by Gasteiger charge is -2.16. The van der Waals surface area contributed by atoms with E-state index >= 15 is 0 Å². The molecule has 0 atom stereocenters. The number of nitrogens with one attached hydrogen (secondary N) is 2. The SMILES string of the molecule is COC(=O)c1ccc(F)c(S(=O)(=O)NNC(=O)c2cccc(S(=O)(=O)N3CCCC3)c2)c1. The Morgan fingerprint density at radius 2 is 1.69 bits per heavy atom. The molecule has 0 aliphatic carbocycles. The maximum absolute atomic E-state index is 14.1. The van der Waals surface area contributed by atoms with Crippen molar-refractivity contribution in [2.45, 2.75) is 22.6 Å². The van der Waals surface area contributed by atoms with Crippen LogP contribution in [-0.2, 0) is 24.8 Å². The molecule has 13 heteroatoms. The highest BCUT2D eigenvalue weighted by molar-refractivity contribution is 7.89. The predicted molar refractivity (Wildman–Crippen MR) is 110 cm³/mol. The summed E-state index contributed by atoms with van der Waals surface area (Å²) in [6, 6.07) is 7.69. The number of carbonyl (C=O) groups excluding carboxylic acids is 2. The lowest BCUT2D eigenvalue weighted by atomic mass is 10.2. The van der Waals surface area contributed by atoms with Crippen LogP contribution in [0.2, 0.25) is 0 Å². The number of sulfonamides is 2. The second-order valence-corrected chi connectivity index (χ2v) is 10.4. The van der Waals surface area contributed by atoms with E-state index in [-0.39, 0.29) is 16.0 Å². The van der Waals surface area contributed by atoms with Gasteiger partial charge in [-0.1, -0.05) is 6.07 Å². The van der Waals surface area contributed by atoms with Crippen molar-refractivity contribution in [1.82, 2.24) is 14.6 Å². The van der Waals surface area contributed by atoms with Crippen LogP contribution in [0.4, 0.5) is 4.39 Å². The summed E-state index contributed by atoms with van der Waals surface area (Å²) in [5.41, 5.74) is 1.57. The number of methoxy groups -OCH3 is 1. The molecule has 1 aliphatic rings. The molecular formula is C19H20FN3O7S2. The van der Waals surface area contributed by atoms with Gasteiger partial charge >= 0.3 is 5.97 Å². The first-order chi connectivity index (χ1) is 15.1. The molecule has 172 valence electrons. The summed E-state index contributed by atoms with van der Waals surface area (Å²) >= 11 is 0. The maximum atomic E-state index is 14.1. The Morgan fingerprint density at radius 3 is 2.34 bits per heavy atom. The standard InChI is InChI=1S/C19H20FN3O7S2/c1-30-19(25)14-7-8-16(20)17(12-14)31(26,27)22-21-18(24)13-5-4-6-15(11-13)32(28,29)23-9-2-3-10-23/h4-8,11-12,22H,2-3,9-10H2,1H3,(H,21,24). The Kier molecular flexibility index (Phi) is 6.93. The van der Waals surface area contributed by atoms with Crippen molar-refractivity contribution >= 4 is 31.9 Å². The third kappa shape index (κ3) is 4.96. The fourth-order valence-electron chi connectivity index (χ4n) is 3.07. The Bertz CT molecular complexity index is 1260. The van der Waals surface area contributed by atoms with Crippen molar-refractivity contribution in [3.05, 3.63) is 59.4 Å². The van der Waals surface area contributed by atoms with Crippen LogP contribution >= 0.6 is 0 Å². The molecule has 1 heterocycles. The number of carbonyl (C=O) groups is 2. The Morgan fingerprint density at radius 1 is 1.00 bits per heavy atom. The van der Waals surface area contributed by atoms with Crippen LogP contribution in [0.1, 0.15) is 33.6 Å². The monoisotopic (exact) mass is 485 g/mol. The first kappa shape index (κ1) is 23.8. The van der Waals surface area contributed by atoms with Gasteiger partial charge in [0.1, 0.15) is 10.7 Å². The van der Waals surface area contributed by atoms with Crippen LogP contribution in [0, 0.1) is 5.82 Å². The molecule has 1 amide bonds. The van der Waals surface area contributed by atoms with Crippen molar-refractivity contribution in [2.75, 3.05) is 20.2 Å². The number of ether oxygens (including phenoxy) is 1. The average Bonchev–Trinajstić information content (AvgIpc) is 3.33. The van der Waals surface area contributed by atoms with E-state index in [1.54, 1.807) is 4.83 Å². The molecule has 0 bridgehead atoms. The van der Waals surface area contributed by atoms with E-state index in [2.05, 4.69) is 4.74 Å². The summed E-state index contributed by atoms with van der Waals surface area (Å²) in [5.74, 6) is -2.99. The molecule has 0 aromatic heterocycles. The van der Waals surface area contributed by atoms with Gasteiger partial charge in [-0.25, -0.2) is 26.0 Å². The molecule has 3 rings (SSSR count). The Labute approximate surface area is 184 Å². The van der Waals surface area contributed by atoms with Crippen molar-refractivity contribution in [3.8, 4) is 0 Å². The summed E-state index contributed by atoms with van der Waals surface area (Å²) in [4.78, 5) is 24.7. The zero-order chi connectivity index (χ0) is 23.5. The average molecular weight is 486 g/mol. The number of esters is 1. The summed E-state index contributed by atoms with van der Waals surface area (Å²) in [7, 11) is -7.30. The highest BCUT2D eigenvalue weighted by Crippen LogP contribution is 2.22. The molecule has 32 heavy (non-hydrogen) atoms. The fourth-order valence-corrected chi connectivity index (χ4v) is 5.58.